The number of hydrogen-bond donors (Lipinski definition) is 1. The van der Waals surface area contributed by atoms with Crippen molar-refractivity contribution >= 4 is 17.3 Å². The predicted molar refractivity (Wildman–Crippen MR) is 82.3 cm³/mol. The lowest BCUT2D eigenvalue weighted by molar-refractivity contribution is 0.0992. The van der Waals surface area contributed by atoms with Crippen LogP contribution in [0.5, 0.6) is 0 Å². The molecule has 1 heterocycles. The van der Waals surface area contributed by atoms with Gasteiger partial charge in [0.25, 0.3) is 5.91 Å². The number of benzene rings is 1. The van der Waals surface area contributed by atoms with E-state index in [2.05, 4.69) is 10.3 Å². The molecule has 1 aromatic heterocycles. The van der Waals surface area contributed by atoms with Gasteiger partial charge in [0, 0.05) is 42.9 Å². The summed E-state index contributed by atoms with van der Waals surface area (Å²) in [5.41, 5.74) is 3.55. The lowest BCUT2D eigenvalue weighted by Gasteiger charge is -2.18. The normalized spacial score (nSPS) is 10.2. The van der Waals surface area contributed by atoms with Crippen LogP contribution in [0.1, 0.15) is 22.8 Å². The molecule has 0 spiro atoms. The van der Waals surface area contributed by atoms with Gasteiger partial charge in [-0.2, -0.15) is 0 Å². The van der Waals surface area contributed by atoms with Gasteiger partial charge < -0.3 is 10.2 Å². The highest BCUT2D eigenvalue weighted by atomic mass is 16.2. The van der Waals surface area contributed by atoms with Crippen molar-refractivity contribution in [2.75, 3.05) is 23.8 Å². The first-order chi connectivity index (χ1) is 9.63. The SMILES string of the molecule is CCNc1ccc(C(=O)N(C)c2ccncc2)c(C)c1. The lowest BCUT2D eigenvalue weighted by atomic mass is 10.1. The third kappa shape index (κ3) is 2.96. The van der Waals surface area contributed by atoms with Crippen LogP contribution >= 0.6 is 0 Å². The van der Waals surface area contributed by atoms with Crippen LogP contribution in [0.15, 0.2) is 42.7 Å². The monoisotopic (exact) mass is 269 g/mol. The number of aromatic nitrogens is 1. The number of amides is 1. The molecule has 4 nitrogen and oxygen atoms in total. The molecule has 0 aliphatic heterocycles. The molecule has 0 aliphatic rings. The minimum atomic E-state index is -0.0169. The van der Waals surface area contributed by atoms with Crippen molar-refractivity contribution in [1.29, 1.82) is 0 Å². The number of aryl methyl sites for hydroxylation is 1. The molecule has 0 saturated heterocycles. The molecule has 0 fully saturated rings. The van der Waals surface area contributed by atoms with Crippen molar-refractivity contribution in [2.24, 2.45) is 0 Å². The standard InChI is InChI=1S/C16H19N3O/c1-4-18-13-5-6-15(12(2)11-13)16(20)19(3)14-7-9-17-10-8-14/h5-11,18H,4H2,1-3H3. The molecular weight excluding hydrogens is 250 g/mol. The van der Waals surface area contributed by atoms with Crippen LogP contribution in [0.25, 0.3) is 0 Å². The van der Waals surface area contributed by atoms with Gasteiger partial charge in [0.1, 0.15) is 0 Å². The van der Waals surface area contributed by atoms with Gasteiger partial charge in [-0.25, -0.2) is 0 Å². The topological polar surface area (TPSA) is 45.2 Å². The number of carbonyl (C=O) groups excluding carboxylic acids is 1. The van der Waals surface area contributed by atoms with Crippen LogP contribution in [0, 0.1) is 6.92 Å². The number of anilines is 2. The van der Waals surface area contributed by atoms with Gasteiger partial charge in [0.05, 0.1) is 0 Å². The molecule has 20 heavy (non-hydrogen) atoms. The summed E-state index contributed by atoms with van der Waals surface area (Å²) in [6, 6.07) is 9.44. The molecule has 1 N–H and O–H groups in total. The third-order valence-corrected chi connectivity index (χ3v) is 3.19. The second-order valence-corrected chi connectivity index (χ2v) is 4.63. The molecule has 0 bridgehead atoms. The highest BCUT2D eigenvalue weighted by Gasteiger charge is 2.15. The summed E-state index contributed by atoms with van der Waals surface area (Å²) in [5.74, 6) is -0.0169. The van der Waals surface area contributed by atoms with Crippen molar-refractivity contribution < 1.29 is 4.79 Å². The fraction of sp³-hybridized carbons (Fsp3) is 0.250. The quantitative estimate of drug-likeness (QED) is 0.927. The molecule has 1 aromatic carbocycles. The molecule has 1 amide bonds. The summed E-state index contributed by atoms with van der Waals surface area (Å²) in [6.45, 7) is 4.86. The summed E-state index contributed by atoms with van der Waals surface area (Å²) in [6.07, 6.45) is 3.36. The highest BCUT2D eigenvalue weighted by molar-refractivity contribution is 6.06. The lowest BCUT2D eigenvalue weighted by Crippen LogP contribution is -2.26. The minimum absolute atomic E-state index is 0.0169. The number of nitrogens with zero attached hydrogens (tertiary/aromatic N) is 2. The smallest absolute Gasteiger partial charge is 0.258 e. The van der Waals surface area contributed by atoms with Crippen molar-refractivity contribution in [3.63, 3.8) is 0 Å². The van der Waals surface area contributed by atoms with E-state index in [0.717, 1.165) is 23.5 Å². The van der Waals surface area contributed by atoms with Gasteiger partial charge in [0.2, 0.25) is 0 Å². The van der Waals surface area contributed by atoms with E-state index in [-0.39, 0.29) is 5.91 Å². The third-order valence-electron chi connectivity index (χ3n) is 3.19. The summed E-state index contributed by atoms with van der Waals surface area (Å²) in [7, 11) is 1.77. The van der Waals surface area contributed by atoms with Crippen LogP contribution in [-0.4, -0.2) is 24.5 Å². The maximum atomic E-state index is 12.5. The highest BCUT2D eigenvalue weighted by Crippen LogP contribution is 2.19. The van der Waals surface area contributed by atoms with Crippen LogP contribution in [0.2, 0.25) is 0 Å². The molecule has 2 aromatic rings. The Hall–Kier alpha value is -2.36. The molecule has 0 unspecified atom stereocenters. The number of hydrogen-bond acceptors (Lipinski definition) is 3. The average Bonchev–Trinajstić information content (AvgIpc) is 2.47. The molecule has 0 atom stereocenters. The van der Waals surface area contributed by atoms with Crippen LogP contribution in [-0.2, 0) is 0 Å². The predicted octanol–water partition coefficient (Wildman–Crippen LogP) is 3.10. The summed E-state index contributed by atoms with van der Waals surface area (Å²) in [5, 5.41) is 3.24. The Labute approximate surface area is 119 Å². The van der Waals surface area contributed by atoms with E-state index in [9.17, 15) is 4.79 Å². The van der Waals surface area contributed by atoms with Gasteiger partial charge in [-0.15, -0.1) is 0 Å². The Balaban J connectivity index is 2.25. The fourth-order valence-corrected chi connectivity index (χ4v) is 2.08. The van der Waals surface area contributed by atoms with Crippen molar-refractivity contribution in [1.82, 2.24) is 4.98 Å². The Kier molecular flexibility index (Phi) is 4.35. The average molecular weight is 269 g/mol. The van der Waals surface area contributed by atoms with E-state index >= 15 is 0 Å². The zero-order chi connectivity index (χ0) is 14.5. The van der Waals surface area contributed by atoms with Gasteiger partial charge >= 0.3 is 0 Å². The fourth-order valence-electron chi connectivity index (χ4n) is 2.08. The van der Waals surface area contributed by atoms with E-state index < -0.39 is 0 Å². The van der Waals surface area contributed by atoms with Crippen molar-refractivity contribution in [3.8, 4) is 0 Å². The van der Waals surface area contributed by atoms with Crippen LogP contribution in [0.3, 0.4) is 0 Å². The zero-order valence-corrected chi connectivity index (χ0v) is 12.1. The summed E-state index contributed by atoms with van der Waals surface area (Å²) in [4.78, 5) is 18.1. The number of pyridine rings is 1. The zero-order valence-electron chi connectivity index (χ0n) is 12.1. The van der Waals surface area contributed by atoms with Gasteiger partial charge in [-0.1, -0.05) is 0 Å². The van der Waals surface area contributed by atoms with E-state index in [1.807, 2.05) is 44.2 Å². The largest absolute Gasteiger partial charge is 0.385 e. The second kappa shape index (κ2) is 6.19. The van der Waals surface area contributed by atoms with Gasteiger partial charge in [0.15, 0.2) is 0 Å². The Bertz CT molecular complexity index is 596. The molecule has 104 valence electrons. The Morgan fingerprint density at radius 3 is 2.55 bits per heavy atom. The first-order valence-corrected chi connectivity index (χ1v) is 6.66. The van der Waals surface area contributed by atoms with E-state index in [0.29, 0.717) is 5.56 Å². The molecule has 4 heteroatoms. The number of rotatable bonds is 4. The van der Waals surface area contributed by atoms with Crippen LogP contribution < -0.4 is 10.2 Å². The molecule has 0 radical (unpaired) electrons. The molecule has 0 aliphatic carbocycles. The van der Waals surface area contributed by atoms with E-state index in [1.165, 1.54) is 0 Å². The second-order valence-electron chi connectivity index (χ2n) is 4.63. The van der Waals surface area contributed by atoms with E-state index in [1.54, 1.807) is 24.3 Å². The molecule has 0 saturated carbocycles. The maximum Gasteiger partial charge on any atom is 0.258 e. The number of carbonyl (C=O) groups is 1. The Morgan fingerprint density at radius 1 is 1.25 bits per heavy atom. The van der Waals surface area contributed by atoms with Gasteiger partial charge in [-0.3, -0.25) is 9.78 Å². The maximum absolute atomic E-state index is 12.5. The van der Waals surface area contributed by atoms with Crippen molar-refractivity contribution in [2.45, 2.75) is 13.8 Å². The minimum Gasteiger partial charge on any atom is -0.385 e. The first-order valence-electron chi connectivity index (χ1n) is 6.66. The molecule has 2 rings (SSSR count). The molecular formula is C16H19N3O. The Morgan fingerprint density at radius 2 is 1.95 bits per heavy atom. The van der Waals surface area contributed by atoms with Crippen molar-refractivity contribution in [3.05, 3.63) is 53.9 Å². The van der Waals surface area contributed by atoms with Crippen LogP contribution in [0.4, 0.5) is 11.4 Å². The van der Waals surface area contributed by atoms with E-state index in [4.69, 9.17) is 0 Å². The first kappa shape index (κ1) is 14.1. The van der Waals surface area contributed by atoms with Gasteiger partial charge in [-0.05, 0) is 49.7 Å². The summed E-state index contributed by atoms with van der Waals surface area (Å²) < 4.78 is 0. The number of nitrogens with one attached hydrogen (secondary N) is 1. The summed E-state index contributed by atoms with van der Waals surface area (Å²) >= 11 is 0.